The number of allylic oxidation sites excluding steroid dienone is 6. The summed E-state index contributed by atoms with van der Waals surface area (Å²) < 4.78 is 0. The van der Waals surface area contributed by atoms with E-state index >= 15 is 0 Å². The Bertz CT molecular complexity index is 637. The highest BCUT2D eigenvalue weighted by molar-refractivity contribution is 6.10. The monoisotopic (exact) mass is 313 g/mol. The van der Waals surface area contributed by atoms with Crippen molar-refractivity contribution < 1.29 is 14.4 Å². The van der Waals surface area contributed by atoms with E-state index in [1.807, 2.05) is 44.2 Å². The van der Waals surface area contributed by atoms with Gasteiger partial charge in [0.1, 0.15) is 5.78 Å². The van der Waals surface area contributed by atoms with Crippen molar-refractivity contribution >= 4 is 17.6 Å². The maximum Gasteiger partial charge on any atom is 0.257 e. The second-order valence-corrected chi connectivity index (χ2v) is 5.64. The maximum atomic E-state index is 12.6. The third-order valence-corrected chi connectivity index (χ3v) is 4.18. The average Bonchev–Trinajstić information content (AvgIpc) is 2.57. The topological polar surface area (TPSA) is 54.5 Å². The molecule has 1 heterocycles. The SMILES string of the molecule is CC.CC(=O)CCCN1C(=O)C2=CC=CC3=CC=CC(C1=O)C32. The normalized spacial score (nSPS) is 24.4. The van der Waals surface area contributed by atoms with Gasteiger partial charge < -0.3 is 4.79 Å². The second-order valence-electron chi connectivity index (χ2n) is 5.64. The molecule has 122 valence electrons. The molecule has 4 heteroatoms. The molecule has 2 atom stereocenters. The van der Waals surface area contributed by atoms with Gasteiger partial charge in [-0.15, -0.1) is 0 Å². The molecule has 1 aliphatic heterocycles. The summed E-state index contributed by atoms with van der Waals surface area (Å²) in [6.45, 7) is 5.83. The average molecular weight is 313 g/mol. The van der Waals surface area contributed by atoms with Gasteiger partial charge in [-0.1, -0.05) is 50.3 Å². The molecule has 23 heavy (non-hydrogen) atoms. The Balaban J connectivity index is 0.000000924. The van der Waals surface area contributed by atoms with Gasteiger partial charge in [-0.05, 0) is 18.9 Å². The number of carbonyl (C=O) groups excluding carboxylic acids is 3. The van der Waals surface area contributed by atoms with Crippen LogP contribution in [0.3, 0.4) is 0 Å². The Labute approximate surface area is 137 Å². The van der Waals surface area contributed by atoms with E-state index < -0.39 is 0 Å². The van der Waals surface area contributed by atoms with E-state index in [4.69, 9.17) is 0 Å². The number of carbonyl (C=O) groups is 3. The number of rotatable bonds is 4. The maximum absolute atomic E-state index is 12.6. The molecule has 0 aromatic rings. The first-order valence-corrected chi connectivity index (χ1v) is 8.21. The summed E-state index contributed by atoms with van der Waals surface area (Å²) in [6.07, 6.45) is 12.2. The Morgan fingerprint density at radius 3 is 2.61 bits per heavy atom. The molecule has 0 N–H and O–H groups in total. The minimum atomic E-state index is -0.295. The van der Waals surface area contributed by atoms with Gasteiger partial charge in [-0.3, -0.25) is 14.5 Å². The van der Waals surface area contributed by atoms with Crippen molar-refractivity contribution in [1.82, 2.24) is 4.90 Å². The highest BCUT2D eigenvalue weighted by Gasteiger charge is 2.45. The van der Waals surface area contributed by atoms with Gasteiger partial charge in [0.15, 0.2) is 0 Å². The number of ketones is 1. The van der Waals surface area contributed by atoms with Crippen LogP contribution < -0.4 is 0 Å². The van der Waals surface area contributed by atoms with Crippen LogP contribution in [0.4, 0.5) is 0 Å². The van der Waals surface area contributed by atoms with E-state index in [1.165, 1.54) is 11.8 Å². The second kappa shape index (κ2) is 7.36. The van der Waals surface area contributed by atoms with Crippen molar-refractivity contribution in [3.8, 4) is 0 Å². The number of imide groups is 1. The Morgan fingerprint density at radius 1 is 1.17 bits per heavy atom. The molecule has 1 fully saturated rings. The molecule has 0 spiro atoms. The van der Waals surface area contributed by atoms with E-state index in [0.717, 1.165) is 5.57 Å². The van der Waals surface area contributed by atoms with E-state index in [1.54, 1.807) is 6.08 Å². The minimum Gasteiger partial charge on any atom is -0.300 e. The fourth-order valence-electron chi connectivity index (χ4n) is 3.17. The molecule has 3 aliphatic rings. The molecular formula is C19H23NO3. The number of amides is 2. The van der Waals surface area contributed by atoms with Crippen LogP contribution in [-0.2, 0) is 14.4 Å². The highest BCUT2D eigenvalue weighted by Crippen LogP contribution is 2.41. The number of hydrogen-bond acceptors (Lipinski definition) is 3. The summed E-state index contributed by atoms with van der Waals surface area (Å²) in [5, 5.41) is 0. The summed E-state index contributed by atoms with van der Waals surface area (Å²) >= 11 is 0. The fourth-order valence-corrected chi connectivity index (χ4v) is 3.17. The zero-order valence-corrected chi connectivity index (χ0v) is 13.9. The van der Waals surface area contributed by atoms with Crippen LogP contribution in [0.25, 0.3) is 0 Å². The van der Waals surface area contributed by atoms with Crippen LogP contribution in [0.2, 0.25) is 0 Å². The predicted molar refractivity (Wildman–Crippen MR) is 89.4 cm³/mol. The Morgan fingerprint density at radius 2 is 1.91 bits per heavy atom. The molecule has 0 saturated carbocycles. The third-order valence-electron chi connectivity index (χ3n) is 4.18. The lowest BCUT2D eigenvalue weighted by atomic mass is 9.71. The molecule has 3 rings (SSSR count). The summed E-state index contributed by atoms with van der Waals surface area (Å²) in [4.78, 5) is 37.4. The molecular weight excluding hydrogens is 290 g/mol. The van der Waals surface area contributed by atoms with Crippen LogP contribution in [-0.4, -0.2) is 29.0 Å². The van der Waals surface area contributed by atoms with E-state index in [-0.39, 0.29) is 29.4 Å². The lowest BCUT2D eigenvalue weighted by Gasteiger charge is -2.39. The first-order valence-electron chi connectivity index (χ1n) is 8.21. The highest BCUT2D eigenvalue weighted by atomic mass is 16.2. The van der Waals surface area contributed by atoms with Crippen LogP contribution in [0.15, 0.2) is 47.6 Å². The Hall–Kier alpha value is -2.23. The zero-order chi connectivity index (χ0) is 17.0. The number of likely N-dealkylation sites (tertiary alicyclic amines) is 1. The van der Waals surface area contributed by atoms with Crippen molar-refractivity contribution in [2.45, 2.75) is 33.6 Å². The molecule has 4 nitrogen and oxygen atoms in total. The van der Waals surface area contributed by atoms with Gasteiger partial charge in [0.2, 0.25) is 5.91 Å². The summed E-state index contributed by atoms with van der Waals surface area (Å²) in [6, 6.07) is 0. The largest absolute Gasteiger partial charge is 0.300 e. The summed E-state index contributed by atoms with van der Waals surface area (Å²) in [7, 11) is 0. The first kappa shape index (κ1) is 17.1. The molecule has 0 radical (unpaired) electrons. The molecule has 2 unspecified atom stereocenters. The van der Waals surface area contributed by atoms with Gasteiger partial charge in [-0.25, -0.2) is 0 Å². The summed E-state index contributed by atoms with van der Waals surface area (Å²) in [5.41, 5.74) is 1.70. The smallest absolute Gasteiger partial charge is 0.257 e. The van der Waals surface area contributed by atoms with Gasteiger partial charge >= 0.3 is 0 Å². The third kappa shape index (κ3) is 3.26. The van der Waals surface area contributed by atoms with Crippen molar-refractivity contribution in [2.24, 2.45) is 11.8 Å². The molecule has 0 aromatic heterocycles. The quantitative estimate of drug-likeness (QED) is 0.750. The van der Waals surface area contributed by atoms with E-state index in [0.29, 0.717) is 25.0 Å². The van der Waals surface area contributed by atoms with Crippen molar-refractivity contribution in [3.05, 3.63) is 47.6 Å². The number of hydrogen-bond donors (Lipinski definition) is 0. The van der Waals surface area contributed by atoms with Crippen LogP contribution in [0.1, 0.15) is 33.6 Å². The van der Waals surface area contributed by atoms with Crippen LogP contribution in [0.5, 0.6) is 0 Å². The predicted octanol–water partition coefficient (Wildman–Crippen LogP) is 2.98. The standard InChI is InChI=1S/C17H17NO3.C2H6/c1-11(19)5-4-10-18-16(20)13-8-2-6-12-7-3-9-14(15(12)13)17(18)21;1-2/h2-3,6-9,13,15H,4-5,10H2,1H3;1-2H3. The fraction of sp³-hybridized carbons (Fsp3) is 0.421. The van der Waals surface area contributed by atoms with Crippen molar-refractivity contribution in [1.29, 1.82) is 0 Å². The molecule has 2 aliphatic carbocycles. The van der Waals surface area contributed by atoms with Gasteiger partial charge in [0.25, 0.3) is 5.91 Å². The van der Waals surface area contributed by atoms with Gasteiger partial charge in [-0.2, -0.15) is 0 Å². The molecule has 0 bridgehead atoms. The zero-order valence-electron chi connectivity index (χ0n) is 13.9. The van der Waals surface area contributed by atoms with Gasteiger partial charge in [0.05, 0.1) is 5.92 Å². The Kier molecular flexibility index (Phi) is 5.48. The first-order chi connectivity index (χ1) is 11.1. The molecule has 1 saturated heterocycles. The minimum absolute atomic E-state index is 0.0763. The van der Waals surface area contributed by atoms with Crippen molar-refractivity contribution in [2.75, 3.05) is 6.54 Å². The van der Waals surface area contributed by atoms with Crippen LogP contribution >= 0.6 is 0 Å². The number of piperidine rings is 1. The molecule has 2 amide bonds. The van der Waals surface area contributed by atoms with E-state index in [9.17, 15) is 14.4 Å². The number of nitrogens with zero attached hydrogens (tertiary/aromatic N) is 1. The van der Waals surface area contributed by atoms with Crippen molar-refractivity contribution in [3.63, 3.8) is 0 Å². The lowest BCUT2D eigenvalue weighted by Crippen LogP contribution is -2.51. The lowest BCUT2D eigenvalue weighted by molar-refractivity contribution is -0.148. The van der Waals surface area contributed by atoms with Gasteiger partial charge in [0, 0.05) is 24.5 Å². The van der Waals surface area contributed by atoms with E-state index in [2.05, 4.69) is 0 Å². The van der Waals surface area contributed by atoms with Crippen LogP contribution in [0, 0.1) is 11.8 Å². The molecule has 0 aromatic carbocycles. The summed E-state index contributed by atoms with van der Waals surface area (Å²) in [5.74, 6) is -0.717. The number of Topliss-reactive ketones (excluding diaryl/α,β-unsaturated/α-hetero) is 1.